The van der Waals surface area contributed by atoms with E-state index < -0.39 is 18.0 Å². The number of hydrogen-bond donors (Lipinski definition) is 1. The number of carbonyl (C=O) groups excluding carboxylic acids is 3. The van der Waals surface area contributed by atoms with Crippen molar-refractivity contribution in [1.29, 1.82) is 0 Å². The summed E-state index contributed by atoms with van der Waals surface area (Å²) in [4.78, 5) is 36.6. The third-order valence-corrected chi connectivity index (χ3v) is 4.19. The van der Waals surface area contributed by atoms with Crippen LogP contribution in [0.2, 0.25) is 0 Å². The van der Waals surface area contributed by atoms with Crippen LogP contribution in [0.4, 0.5) is 5.69 Å². The largest absolute Gasteiger partial charge is 0.449 e. The summed E-state index contributed by atoms with van der Waals surface area (Å²) in [6, 6.07) is 16.2. The Balaban J connectivity index is 1.88. The third kappa shape index (κ3) is 5.89. The molecule has 0 aliphatic rings. The number of carbonyl (C=O) groups is 3. The Morgan fingerprint density at radius 3 is 2.38 bits per heavy atom. The van der Waals surface area contributed by atoms with Crippen LogP contribution in [-0.4, -0.2) is 23.8 Å². The van der Waals surface area contributed by atoms with E-state index in [0.29, 0.717) is 11.3 Å². The normalized spacial score (nSPS) is 11.8. The number of para-hydroxylation sites is 1. The number of rotatable bonds is 7. The summed E-state index contributed by atoms with van der Waals surface area (Å²) in [5, 5.41) is 4.22. The molecule has 0 saturated heterocycles. The van der Waals surface area contributed by atoms with Gasteiger partial charge in [0.15, 0.2) is 11.9 Å². The number of nitrogens with one attached hydrogen (secondary N) is 1. The van der Waals surface area contributed by atoms with Gasteiger partial charge >= 0.3 is 5.97 Å². The molecule has 2 aromatic carbocycles. The molecule has 0 saturated carbocycles. The van der Waals surface area contributed by atoms with E-state index in [1.165, 1.54) is 31.7 Å². The number of thioether (sulfide) groups is 1. The minimum atomic E-state index is -0.992. The molecule has 6 heteroatoms. The van der Waals surface area contributed by atoms with Gasteiger partial charge in [-0.05, 0) is 43.5 Å². The first kappa shape index (κ1) is 19.5. The van der Waals surface area contributed by atoms with Crippen LogP contribution >= 0.6 is 11.8 Å². The standard InChI is InChI=1S/C20H19NO4S/c1-14(22)17-10-6-7-11-18(17)21-20(24)15(2)25-19(23)12-13-26-16-8-4-3-5-9-16/h3-13,15H,1-2H3,(H,21,24)/b13-12+/t15-/m0/s1. The topological polar surface area (TPSA) is 72.5 Å². The van der Waals surface area contributed by atoms with E-state index in [-0.39, 0.29) is 5.78 Å². The summed E-state index contributed by atoms with van der Waals surface area (Å²) in [6.45, 7) is 2.89. The van der Waals surface area contributed by atoms with E-state index in [2.05, 4.69) is 5.32 Å². The molecule has 1 amide bonds. The summed E-state index contributed by atoms with van der Waals surface area (Å²) >= 11 is 1.37. The van der Waals surface area contributed by atoms with Gasteiger partial charge < -0.3 is 10.1 Å². The Morgan fingerprint density at radius 1 is 1.04 bits per heavy atom. The van der Waals surface area contributed by atoms with Crippen LogP contribution in [0, 0.1) is 0 Å². The fourth-order valence-corrected chi connectivity index (χ4v) is 2.72. The lowest BCUT2D eigenvalue weighted by atomic mass is 10.1. The molecule has 1 N–H and O–H groups in total. The summed E-state index contributed by atoms with van der Waals surface area (Å²) in [5.74, 6) is -1.28. The highest BCUT2D eigenvalue weighted by Crippen LogP contribution is 2.18. The van der Waals surface area contributed by atoms with Crippen molar-refractivity contribution in [2.45, 2.75) is 24.8 Å². The third-order valence-electron chi connectivity index (χ3n) is 3.38. The fourth-order valence-electron chi connectivity index (χ4n) is 2.07. The predicted octanol–water partition coefficient (Wildman–Crippen LogP) is 4.07. The van der Waals surface area contributed by atoms with E-state index >= 15 is 0 Å². The van der Waals surface area contributed by atoms with Crippen molar-refractivity contribution in [3.8, 4) is 0 Å². The second kappa shape index (κ2) is 9.58. The number of amides is 1. The molecular formula is C20H19NO4S. The molecule has 1 atom stereocenters. The van der Waals surface area contributed by atoms with Gasteiger partial charge in [-0.1, -0.05) is 42.1 Å². The van der Waals surface area contributed by atoms with Gasteiger partial charge in [0.1, 0.15) is 0 Å². The average Bonchev–Trinajstić information content (AvgIpc) is 2.62. The van der Waals surface area contributed by atoms with Crippen molar-refractivity contribution in [2.75, 3.05) is 5.32 Å². The van der Waals surface area contributed by atoms with Crippen LogP contribution in [0.15, 0.2) is 71.0 Å². The van der Waals surface area contributed by atoms with Crippen molar-refractivity contribution in [3.05, 3.63) is 71.6 Å². The molecule has 0 aliphatic carbocycles. The lowest BCUT2D eigenvalue weighted by Gasteiger charge is -2.14. The van der Waals surface area contributed by atoms with Crippen LogP contribution in [0.25, 0.3) is 0 Å². The molecule has 0 radical (unpaired) electrons. The number of Topliss-reactive ketones (excluding diaryl/α,β-unsaturated/α-hetero) is 1. The molecular weight excluding hydrogens is 350 g/mol. The Labute approximate surface area is 156 Å². The van der Waals surface area contributed by atoms with Gasteiger partial charge in [0.2, 0.25) is 0 Å². The van der Waals surface area contributed by atoms with Crippen LogP contribution in [0.3, 0.4) is 0 Å². The summed E-state index contributed by atoms with van der Waals surface area (Å²) in [6.07, 6.45) is 0.277. The molecule has 2 rings (SSSR count). The summed E-state index contributed by atoms with van der Waals surface area (Å²) in [7, 11) is 0. The van der Waals surface area contributed by atoms with Gasteiger partial charge in [-0.15, -0.1) is 0 Å². The Hall–Kier alpha value is -2.86. The van der Waals surface area contributed by atoms with Crippen LogP contribution in [-0.2, 0) is 14.3 Å². The maximum absolute atomic E-state index is 12.2. The molecule has 0 spiro atoms. The van der Waals surface area contributed by atoms with Crippen molar-refractivity contribution >= 4 is 35.1 Å². The molecule has 26 heavy (non-hydrogen) atoms. The number of hydrogen-bond acceptors (Lipinski definition) is 5. The molecule has 0 bridgehead atoms. The number of ketones is 1. The number of benzene rings is 2. The first-order valence-corrected chi connectivity index (χ1v) is 8.85. The maximum Gasteiger partial charge on any atom is 0.332 e. The van der Waals surface area contributed by atoms with Gasteiger partial charge in [0.25, 0.3) is 5.91 Å². The first-order valence-electron chi connectivity index (χ1n) is 7.97. The Bertz CT molecular complexity index is 818. The fraction of sp³-hybridized carbons (Fsp3) is 0.150. The molecule has 0 aliphatic heterocycles. The zero-order valence-corrected chi connectivity index (χ0v) is 15.3. The second-order valence-corrected chi connectivity index (χ2v) is 6.38. The first-order chi connectivity index (χ1) is 12.5. The zero-order valence-electron chi connectivity index (χ0n) is 14.5. The molecule has 0 heterocycles. The smallest absolute Gasteiger partial charge is 0.332 e. The Morgan fingerprint density at radius 2 is 1.69 bits per heavy atom. The summed E-state index contributed by atoms with van der Waals surface area (Å²) < 4.78 is 5.09. The van der Waals surface area contributed by atoms with Crippen molar-refractivity contribution in [1.82, 2.24) is 0 Å². The molecule has 0 fully saturated rings. The van der Waals surface area contributed by atoms with Crippen LogP contribution in [0.1, 0.15) is 24.2 Å². The highest BCUT2D eigenvalue weighted by Gasteiger charge is 2.18. The Kier molecular flexibility index (Phi) is 7.17. The highest BCUT2D eigenvalue weighted by molar-refractivity contribution is 8.02. The van der Waals surface area contributed by atoms with Gasteiger partial charge in [0.05, 0.1) is 5.69 Å². The average molecular weight is 369 g/mol. The van der Waals surface area contributed by atoms with E-state index in [1.54, 1.807) is 29.7 Å². The number of esters is 1. The summed E-state index contributed by atoms with van der Waals surface area (Å²) in [5.41, 5.74) is 0.793. The van der Waals surface area contributed by atoms with E-state index in [4.69, 9.17) is 4.74 Å². The minimum Gasteiger partial charge on any atom is -0.449 e. The SMILES string of the molecule is CC(=O)c1ccccc1NC(=O)[C@H](C)OC(=O)/C=C/Sc1ccccc1. The predicted molar refractivity (Wildman–Crippen MR) is 102 cm³/mol. The zero-order chi connectivity index (χ0) is 18.9. The quantitative estimate of drug-likeness (QED) is 0.345. The second-order valence-electron chi connectivity index (χ2n) is 5.40. The number of anilines is 1. The molecule has 5 nitrogen and oxygen atoms in total. The highest BCUT2D eigenvalue weighted by atomic mass is 32.2. The van der Waals surface area contributed by atoms with Crippen molar-refractivity contribution in [3.63, 3.8) is 0 Å². The van der Waals surface area contributed by atoms with Gasteiger partial charge in [-0.3, -0.25) is 9.59 Å². The molecule has 0 aromatic heterocycles. The lowest BCUT2D eigenvalue weighted by Crippen LogP contribution is -2.30. The monoisotopic (exact) mass is 369 g/mol. The van der Waals surface area contributed by atoms with Crippen molar-refractivity contribution in [2.24, 2.45) is 0 Å². The van der Waals surface area contributed by atoms with E-state index in [9.17, 15) is 14.4 Å². The molecule has 0 unspecified atom stereocenters. The van der Waals surface area contributed by atoms with Crippen LogP contribution < -0.4 is 5.32 Å². The number of ether oxygens (including phenoxy) is 1. The van der Waals surface area contributed by atoms with E-state index in [0.717, 1.165) is 4.90 Å². The molecule has 134 valence electrons. The van der Waals surface area contributed by atoms with Crippen molar-refractivity contribution < 1.29 is 19.1 Å². The van der Waals surface area contributed by atoms with Gasteiger partial charge in [0, 0.05) is 16.5 Å². The van der Waals surface area contributed by atoms with E-state index in [1.807, 2.05) is 30.3 Å². The molecule has 2 aromatic rings. The lowest BCUT2D eigenvalue weighted by molar-refractivity contribution is -0.148. The minimum absolute atomic E-state index is 0.161. The maximum atomic E-state index is 12.2. The van der Waals surface area contributed by atoms with Gasteiger partial charge in [-0.2, -0.15) is 0 Å². The van der Waals surface area contributed by atoms with Gasteiger partial charge in [-0.25, -0.2) is 4.79 Å². The van der Waals surface area contributed by atoms with Crippen LogP contribution in [0.5, 0.6) is 0 Å².